The molecule has 3 N–H and O–H groups in total. The summed E-state index contributed by atoms with van der Waals surface area (Å²) >= 11 is 16.8. The first-order chi connectivity index (χ1) is 9.58. The monoisotopic (exact) mass is 323 g/mol. The number of hydrogen-bond donors (Lipinski definition) is 2. The van der Waals surface area contributed by atoms with Gasteiger partial charge in [-0.1, -0.05) is 59.6 Å². The van der Waals surface area contributed by atoms with Gasteiger partial charge < -0.3 is 5.73 Å². The van der Waals surface area contributed by atoms with Gasteiger partial charge in [0.2, 0.25) is 0 Å². The third-order valence-electron chi connectivity index (χ3n) is 2.52. The third kappa shape index (κ3) is 3.70. The van der Waals surface area contributed by atoms with Crippen LogP contribution in [0.4, 0.5) is 0 Å². The number of nitrogens with two attached hydrogens (primary N) is 1. The largest absolute Gasteiger partial charge is 0.375 e. The lowest BCUT2D eigenvalue weighted by atomic mass is 10.0. The minimum Gasteiger partial charge on any atom is -0.375 e. The summed E-state index contributed by atoms with van der Waals surface area (Å²) < 4.78 is 0. The molecule has 0 aliphatic heterocycles. The number of hydrazone groups is 1. The van der Waals surface area contributed by atoms with E-state index in [1.54, 1.807) is 12.1 Å². The van der Waals surface area contributed by atoms with Gasteiger partial charge in [-0.05, 0) is 24.4 Å². The van der Waals surface area contributed by atoms with Crippen LogP contribution in [-0.4, -0.2) is 10.8 Å². The van der Waals surface area contributed by atoms with Gasteiger partial charge in [-0.15, -0.1) is 0 Å². The first-order valence-electron chi connectivity index (χ1n) is 5.72. The predicted molar refractivity (Wildman–Crippen MR) is 88.5 cm³/mol. The van der Waals surface area contributed by atoms with E-state index in [1.807, 2.05) is 36.4 Å². The van der Waals surface area contributed by atoms with Crippen molar-refractivity contribution in [3.05, 3.63) is 69.7 Å². The number of thiocarbonyl (C=S) groups is 1. The molecule has 2 aromatic carbocycles. The maximum Gasteiger partial charge on any atom is 0.184 e. The van der Waals surface area contributed by atoms with Crippen LogP contribution < -0.4 is 11.2 Å². The van der Waals surface area contributed by atoms with E-state index in [1.165, 1.54) is 0 Å². The first-order valence-corrected chi connectivity index (χ1v) is 6.88. The molecule has 0 amide bonds. The minimum atomic E-state index is 0.0958. The molecule has 0 aliphatic rings. The molecule has 0 atom stereocenters. The molecule has 2 rings (SSSR count). The zero-order chi connectivity index (χ0) is 14.5. The molecule has 0 aromatic heterocycles. The standard InChI is InChI=1S/C14H11Cl2N3S/c15-11-7-6-10(8-12(11)16)13(18-19-14(17)20)9-4-2-1-3-5-9/h1-8H,(H3,17,19,20). The van der Waals surface area contributed by atoms with Gasteiger partial charge in [-0.2, -0.15) is 5.10 Å². The molecule has 0 spiro atoms. The quantitative estimate of drug-likeness (QED) is 0.515. The van der Waals surface area contributed by atoms with Gasteiger partial charge in [0.05, 0.1) is 15.8 Å². The van der Waals surface area contributed by atoms with Gasteiger partial charge >= 0.3 is 0 Å². The fourth-order valence-electron chi connectivity index (χ4n) is 1.65. The lowest BCUT2D eigenvalue weighted by Gasteiger charge is -2.09. The van der Waals surface area contributed by atoms with Crippen molar-refractivity contribution in [2.24, 2.45) is 10.8 Å². The van der Waals surface area contributed by atoms with Crippen molar-refractivity contribution in [2.45, 2.75) is 0 Å². The fraction of sp³-hybridized carbons (Fsp3) is 0. The highest BCUT2D eigenvalue weighted by Crippen LogP contribution is 2.24. The highest BCUT2D eigenvalue weighted by molar-refractivity contribution is 7.80. The van der Waals surface area contributed by atoms with Crippen LogP contribution in [0.5, 0.6) is 0 Å². The second-order valence-electron chi connectivity index (χ2n) is 3.93. The van der Waals surface area contributed by atoms with Crippen molar-refractivity contribution in [1.82, 2.24) is 5.43 Å². The zero-order valence-electron chi connectivity index (χ0n) is 10.3. The molecular formula is C14H11Cl2N3S. The molecule has 0 aliphatic carbocycles. The minimum absolute atomic E-state index is 0.0958. The van der Waals surface area contributed by atoms with Gasteiger partial charge in [0.1, 0.15) is 0 Å². The summed E-state index contributed by atoms with van der Waals surface area (Å²) in [7, 11) is 0. The molecule has 6 heteroatoms. The lowest BCUT2D eigenvalue weighted by Crippen LogP contribution is -2.26. The average Bonchev–Trinajstić information content (AvgIpc) is 2.44. The molecule has 0 fully saturated rings. The Kier molecular flexibility index (Phi) is 4.95. The molecule has 0 radical (unpaired) electrons. The fourth-order valence-corrected chi connectivity index (χ4v) is 1.99. The predicted octanol–water partition coefficient (Wildman–Crippen LogP) is 3.58. The highest BCUT2D eigenvalue weighted by atomic mass is 35.5. The normalized spacial score (nSPS) is 11.2. The van der Waals surface area contributed by atoms with Crippen LogP contribution >= 0.6 is 35.4 Å². The van der Waals surface area contributed by atoms with Crippen LogP contribution in [0.25, 0.3) is 0 Å². The smallest absolute Gasteiger partial charge is 0.184 e. The Hall–Kier alpha value is -1.62. The molecule has 0 heterocycles. The SMILES string of the molecule is NC(=S)NN=C(c1ccccc1)c1ccc(Cl)c(Cl)c1. The van der Waals surface area contributed by atoms with Crippen molar-refractivity contribution >= 4 is 46.2 Å². The zero-order valence-corrected chi connectivity index (χ0v) is 12.6. The number of nitrogens with zero attached hydrogens (tertiary/aromatic N) is 1. The van der Waals surface area contributed by atoms with Crippen LogP contribution in [0.3, 0.4) is 0 Å². The van der Waals surface area contributed by atoms with E-state index < -0.39 is 0 Å². The molecule has 0 unspecified atom stereocenters. The summed E-state index contributed by atoms with van der Waals surface area (Å²) in [4.78, 5) is 0. The molecule has 20 heavy (non-hydrogen) atoms. The summed E-state index contributed by atoms with van der Waals surface area (Å²) in [6.07, 6.45) is 0. The maximum absolute atomic E-state index is 6.05. The molecular weight excluding hydrogens is 313 g/mol. The van der Waals surface area contributed by atoms with Crippen molar-refractivity contribution in [1.29, 1.82) is 0 Å². The van der Waals surface area contributed by atoms with Crippen LogP contribution in [0.1, 0.15) is 11.1 Å². The lowest BCUT2D eigenvalue weighted by molar-refractivity contribution is 1.03. The Balaban J connectivity index is 2.48. The summed E-state index contributed by atoms with van der Waals surface area (Å²) in [5.41, 5.74) is 10.4. The Morgan fingerprint density at radius 2 is 1.70 bits per heavy atom. The Morgan fingerprint density at radius 3 is 2.30 bits per heavy atom. The number of nitrogens with one attached hydrogen (secondary N) is 1. The molecule has 3 nitrogen and oxygen atoms in total. The van der Waals surface area contributed by atoms with E-state index >= 15 is 0 Å². The van der Waals surface area contributed by atoms with E-state index in [0.717, 1.165) is 11.1 Å². The van der Waals surface area contributed by atoms with E-state index in [2.05, 4.69) is 10.5 Å². The van der Waals surface area contributed by atoms with Crippen LogP contribution in [0.2, 0.25) is 10.0 Å². The molecule has 0 saturated heterocycles. The number of benzene rings is 2. The number of halogens is 2. The van der Waals surface area contributed by atoms with Crippen LogP contribution in [-0.2, 0) is 0 Å². The van der Waals surface area contributed by atoms with Crippen molar-refractivity contribution in [3.8, 4) is 0 Å². The van der Waals surface area contributed by atoms with Crippen LogP contribution in [0.15, 0.2) is 53.6 Å². The number of hydrogen-bond acceptors (Lipinski definition) is 2. The summed E-state index contributed by atoms with van der Waals surface area (Å²) in [5, 5.41) is 5.28. The van der Waals surface area contributed by atoms with Gasteiger partial charge in [0, 0.05) is 11.1 Å². The summed E-state index contributed by atoms with van der Waals surface area (Å²) in [5.74, 6) is 0. The van der Waals surface area contributed by atoms with E-state index in [4.69, 9.17) is 41.2 Å². The Labute approximate surface area is 132 Å². The highest BCUT2D eigenvalue weighted by Gasteiger charge is 2.09. The first kappa shape index (κ1) is 14.8. The molecule has 2 aromatic rings. The number of rotatable bonds is 3. The third-order valence-corrected chi connectivity index (χ3v) is 3.35. The maximum atomic E-state index is 6.05. The van der Waals surface area contributed by atoms with E-state index in [0.29, 0.717) is 15.8 Å². The molecule has 102 valence electrons. The van der Waals surface area contributed by atoms with Gasteiger partial charge in [0.15, 0.2) is 5.11 Å². The van der Waals surface area contributed by atoms with E-state index in [-0.39, 0.29) is 5.11 Å². The Morgan fingerprint density at radius 1 is 1.00 bits per heavy atom. The summed E-state index contributed by atoms with van der Waals surface area (Å²) in [6.45, 7) is 0. The molecule has 0 saturated carbocycles. The second kappa shape index (κ2) is 6.70. The molecule has 0 bridgehead atoms. The Bertz CT molecular complexity index is 657. The van der Waals surface area contributed by atoms with Crippen LogP contribution in [0, 0.1) is 0 Å². The van der Waals surface area contributed by atoms with Crippen molar-refractivity contribution < 1.29 is 0 Å². The second-order valence-corrected chi connectivity index (χ2v) is 5.19. The topological polar surface area (TPSA) is 50.4 Å². The van der Waals surface area contributed by atoms with Gasteiger partial charge in [-0.25, -0.2) is 0 Å². The van der Waals surface area contributed by atoms with Gasteiger partial charge in [0.25, 0.3) is 0 Å². The van der Waals surface area contributed by atoms with Crippen molar-refractivity contribution in [2.75, 3.05) is 0 Å². The van der Waals surface area contributed by atoms with Crippen molar-refractivity contribution in [3.63, 3.8) is 0 Å². The summed E-state index contributed by atoms with van der Waals surface area (Å²) in [6, 6.07) is 14.9. The average molecular weight is 324 g/mol. The van der Waals surface area contributed by atoms with Gasteiger partial charge in [-0.3, -0.25) is 5.43 Å². The van der Waals surface area contributed by atoms with E-state index in [9.17, 15) is 0 Å².